The number of rotatable bonds is 1. The van der Waals surface area contributed by atoms with E-state index in [0.717, 1.165) is 0 Å². The summed E-state index contributed by atoms with van der Waals surface area (Å²) in [5.41, 5.74) is -1.78. The molecule has 0 bridgehead atoms. The predicted molar refractivity (Wildman–Crippen MR) is 38.8 cm³/mol. The van der Waals surface area contributed by atoms with Crippen LogP contribution in [0.15, 0.2) is 12.2 Å². The van der Waals surface area contributed by atoms with Gasteiger partial charge in [0.05, 0.1) is 8.44 Å². The van der Waals surface area contributed by atoms with Crippen LogP contribution in [0.25, 0.3) is 0 Å². The zero-order valence-corrected chi connectivity index (χ0v) is 5.30. The molecular weight excluding hydrogens is 148 g/mol. The molecule has 1 aromatic rings. The van der Waals surface area contributed by atoms with Crippen molar-refractivity contribution in [3.05, 3.63) is 23.7 Å². The summed E-state index contributed by atoms with van der Waals surface area (Å²) in [6.45, 7) is -2.89. The normalized spacial score (nSPS) is 17.5. The lowest BCUT2D eigenvalue weighted by Crippen LogP contribution is -2.30. The summed E-state index contributed by atoms with van der Waals surface area (Å²) >= 11 is 0. The van der Waals surface area contributed by atoms with E-state index < -0.39 is 43.2 Å². The summed E-state index contributed by atoms with van der Waals surface area (Å²) in [4.78, 5) is 3.12. The number of nitrogens with zero attached hydrogens (tertiary/aromatic N) is 1. The minimum absolute atomic E-state index is 0.759. The molecular formula is C6H7BFNO2. The maximum Gasteiger partial charge on any atom is 0.490 e. The van der Waals surface area contributed by atoms with Crippen LogP contribution in [0, 0.1) is 12.7 Å². The van der Waals surface area contributed by atoms with Crippen LogP contribution in [0.1, 0.15) is 12.5 Å². The number of aromatic nitrogens is 1. The molecule has 0 aliphatic carbocycles. The molecule has 0 aromatic carbocycles. The Balaban J connectivity index is 3.52. The first-order valence-corrected chi connectivity index (χ1v) is 2.69. The minimum atomic E-state index is -2.89. The average molecular weight is 160 g/mol. The van der Waals surface area contributed by atoms with E-state index in [1.807, 2.05) is 0 Å². The van der Waals surface area contributed by atoms with E-state index in [2.05, 4.69) is 4.98 Å². The molecule has 1 aromatic heterocycles. The van der Waals surface area contributed by atoms with Crippen molar-refractivity contribution in [2.75, 3.05) is 0 Å². The molecule has 0 aliphatic heterocycles. The van der Waals surface area contributed by atoms with Crippen LogP contribution in [-0.2, 0) is 0 Å². The molecule has 11 heavy (non-hydrogen) atoms. The third-order valence-electron chi connectivity index (χ3n) is 0.999. The molecule has 0 spiro atoms. The highest BCUT2D eigenvalue weighted by Crippen LogP contribution is 1.97. The Bertz CT molecular complexity index is 424. The highest BCUT2D eigenvalue weighted by molar-refractivity contribution is 6.58. The highest BCUT2D eigenvalue weighted by Gasteiger charge is 2.12. The van der Waals surface area contributed by atoms with E-state index in [-0.39, 0.29) is 0 Å². The van der Waals surface area contributed by atoms with Gasteiger partial charge in [0.15, 0.2) is 0 Å². The SMILES string of the molecule is [2H]c1nc(C([2H])([2H])[2H])c(F)c([2H])c1B(O)O. The van der Waals surface area contributed by atoms with E-state index in [1.165, 1.54) is 0 Å². The quantitative estimate of drug-likeness (QED) is 0.529. The van der Waals surface area contributed by atoms with Gasteiger partial charge in [-0.3, -0.25) is 4.98 Å². The van der Waals surface area contributed by atoms with Crippen molar-refractivity contribution in [2.24, 2.45) is 0 Å². The van der Waals surface area contributed by atoms with E-state index in [0.29, 0.717) is 0 Å². The number of halogens is 1. The molecule has 0 radical (unpaired) electrons. The number of hydrogen-bond acceptors (Lipinski definition) is 3. The van der Waals surface area contributed by atoms with Crippen LogP contribution in [0.2, 0.25) is 0 Å². The second-order valence-electron chi connectivity index (χ2n) is 1.80. The van der Waals surface area contributed by atoms with Gasteiger partial charge < -0.3 is 10.0 Å². The molecule has 0 atom stereocenters. The Labute approximate surface area is 70.7 Å². The molecule has 0 saturated heterocycles. The number of hydrogen-bond donors (Lipinski definition) is 2. The van der Waals surface area contributed by atoms with Crippen molar-refractivity contribution in [2.45, 2.75) is 6.85 Å². The predicted octanol–water partition coefficient (Wildman–Crippen LogP) is -0.791. The zero-order chi connectivity index (χ0) is 12.7. The number of aryl methyl sites for hydroxylation is 1. The first-order chi connectivity index (χ1) is 7.16. The van der Waals surface area contributed by atoms with Crippen LogP contribution in [0.5, 0.6) is 0 Å². The van der Waals surface area contributed by atoms with E-state index >= 15 is 0 Å². The van der Waals surface area contributed by atoms with Gasteiger partial charge in [-0.05, 0) is 12.9 Å². The highest BCUT2D eigenvalue weighted by atomic mass is 19.1. The summed E-state index contributed by atoms with van der Waals surface area (Å²) in [6.07, 6.45) is -0.840. The molecule has 58 valence electrons. The van der Waals surface area contributed by atoms with Crippen LogP contribution in [-0.4, -0.2) is 22.2 Å². The summed E-state index contributed by atoms with van der Waals surface area (Å²) in [6, 6.07) is -1.04. The summed E-state index contributed by atoms with van der Waals surface area (Å²) < 4.78 is 48.5. The zero-order valence-electron chi connectivity index (χ0n) is 10.3. The Hall–Kier alpha value is -0.935. The van der Waals surface area contributed by atoms with E-state index in [1.54, 1.807) is 0 Å². The molecule has 3 nitrogen and oxygen atoms in total. The molecule has 0 fully saturated rings. The van der Waals surface area contributed by atoms with Crippen molar-refractivity contribution >= 4 is 12.6 Å². The van der Waals surface area contributed by atoms with Gasteiger partial charge in [-0.1, -0.05) is 0 Å². The topological polar surface area (TPSA) is 53.4 Å². The molecule has 0 amide bonds. The Morgan fingerprint density at radius 3 is 3.09 bits per heavy atom. The lowest BCUT2D eigenvalue weighted by atomic mass is 9.81. The largest absolute Gasteiger partial charge is 0.490 e. The van der Waals surface area contributed by atoms with Crippen molar-refractivity contribution in [3.63, 3.8) is 0 Å². The first kappa shape index (κ1) is 3.64. The third kappa shape index (κ3) is 1.75. The Kier molecular flexibility index (Phi) is 0.987. The molecule has 5 heteroatoms. The monoisotopic (exact) mass is 160 g/mol. The number of pyridine rings is 1. The van der Waals surface area contributed by atoms with Gasteiger partial charge in [0.2, 0.25) is 0 Å². The van der Waals surface area contributed by atoms with Crippen molar-refractivity contribution < 1.29 is 21.3 Å². The summed E-state index contributed by atoms with van der Waals surface area (Å²) in [7, 11) is -2.24. The molecule has 0 aliphatic rings. The fourth-order valence-electron chi connectivity index (χ4n) is 0.493. The summed E-state index contributed by atoms with van der Waals surface area (Å²) in [5.74, 6) is -1.47. The van der Waals surface area contributed by atoms with Gasteiger partial charge >= 0.3 is 7.12 Å². The van der Waals surface area contributed by atoms with E-state index in [9.17, 15) is 4.39 Å². The van der Waals surface area contributed by atoms with Gasteiger partial charge in [0.1, 0.15) is 5.82 Å². The molecule has 2 N–H and O–H groups in total. The maximum atomic E-state index is 13.4. The molecule has 0 unspecified atom stereocenters. The van der Waals surface area contributed by atoms with Crippen LogP contribution in [0.3, 0.4) is 0 Å². The van der Waals surface area contributed by atoms with Crippen molar-refractivity contribution in [1.29, 1.82) is 0 Å². The summed E-state index contributed by atoms with van der Waals surface area (Å²) in [5, 5.41) is 17.5. The molecule has 1 rings (SSSR count). The second-order valence-corrected chi connectivity index (χ2v) is 1.80. The standard InChI is InChI=1S/C6H7BFNO2/c1-4-6(8)2-5(3-9-4)7(10)11/h2-3,10-11H,1H3/i1D3,2D,3D. The smallest absolute Gasteiger partial charge is 0.423 e. The van der Waals surface area contributed by atoms with Gasteiger partial charge in [-0.2, -0.15) is 0 Å². The van der Waals surface area contributed by atoms with E-state index in [4.69, 9.17) is 16.9 Å². The first-order valence-electron chi connectivity index (χ1n) is 5.19. The van der Waals surface area contributed by atoms with Gasteiger partial charge in [-0.25, -0.2) is 4.39 Å². The lowest BCUT2D eigenvalue weighted by Gasteiger charge is -1.99. The van der Waals surface area contributed by atoms with Gasteiger partial charge in [0.25, 0.3) is 0 Å². The lowest BCUT2D eigenvalue weighted by molar-refractivity contribution is 0.425. The van der Waals surface area contributed by atoms with Crippen LogP contribution in [0.4, 0.5) is 4.39 Å². The second kappa shape index (κ2) is 2.98. The fraction of sp³-hybridized carbons (Fsp3) is 0.167. The molecule has 0 saturated carbocycles. The Morgan fingerprint density at radius 1 is 1.82 bits per heavy atom. The van der Waals surface area contributed by atoms with Crippen LogP contribution >= 0.6 is 0 Å². The van der Waals surface area contributed by atoms with Crippen LogP contribution < -0.4 is 5.46 Å². The maximum absolute atomic E-state index is 13.4. The third-order valence-corrected chi connectivity index (χ3v) is 0.999. The van der Waals surface area contributed by atoms with Crippen molar-refractivity contribution in [3.8, 4) is 0 Å². The fourth-order valence-corrected chi connectivity index (χ4v) is 0.493. The molecule has 1 heterocycles. The average Bonchev–Trinajstić information content (AvgIpc) is 2.09. The minimum Gasteiger partial charge on any atom is -0.423 e. The Morgan fingerprint density at radius 2 is 2.55 bits per heavy atom. The van der Waals surface area contributed by atoms with Gasteiger partial charge in [-0.15, -0.1) is 0 Å². The van der Waals surface area contributed by atoms with Gasteiger partial charge in [0, 0.05) is 15.7 Å². The van der Waals surface area contributed by atoms with Crippen molar-refractivity contribution in [1.82, 2.24) is 4.98 Å².